The van der Waals surface area contributed by atoms with Crippen molar-refractivity contribution in [2.75, 3.05) is 20.2 Å². The number of hydrogen-bond acceptors (Lipinski definition) is 5. The van der Waals surface area contributed by atoms with Crippen molar-refractivity contribution in [3.8, 4) is 0 Å². The second-order valence-corrected chi connectivity index (χ2v) is 6.27. The molecule has 1 aromatic carbocycles. The van der Waals surface area contributed by atoms with Crippen LogP contribution in [0.2, 0.25) is 10.0 Å². The van der Waals surface area contributed by atoms with Crippen LogP contribution in [-0.4, -0.2) is 42.6 Å². The molecule has 3 rings (SSSR count). The minimum Gasteiger partial charge on any atom is -0.450 e. The van der Waals surface area contributed by atoms with E-state index in [2.05, 4.69) is 0 Å². The van der Waals surface area contributed by atoms with Crippen LogP contribution >= 0.6 is 23.2 Å². The zero-order valence-electron chi connectivity index (χ0n) is 12.0. The molecule has 118 valence electrons. The first-order chi connectivity index (χ1) is 10.5. The molecule has 7 heteroatoms. The summed E-state index contributed by atoms with van der Waals surface area (Å²) in [5.74, 6) is -1.88. The number of carbonyl (C=O) groups is 2. The third-order valence-electron chi connectivity index (χ3n) is 4.32. The zero-order chi connectivity index (χ0) is 15.9. The van der Waals surface area contributed by atoms with Crippen molar-refractivity contribution in [1.29, 1.82) is 0 Å². The van der Waals surface area contributed by atoms with E-state index in [1.807, 2.05) is 0 Å². The Labute approximate surface area is 138 Å². The number of Topliss-reactive ketones (excluding diaryl/α,β-unsaturated/α-hetero) is 1. The quantitative estimate of drug-likeness (QED) is 0.610. The second kappa shape index (κ2) is 5.81. The molecule has 2 aliphatic heterocycles. The van der Waals surface area contributed by atoms with Gasteiger partial charge >= 0.3 is 5.97 Å². The van der Waals surface area contributed by atoms with Gasteiger partial charge in [0.25, 0.3) is 0 Å². The average molecular weight is 344 g/mol. The lowest BCUT2D eigenvalue weighted by Crippen LogP contribution is -2.48. The number of ether oxygens (including phenoxy) is 1. The van der Waals surface area contributed by atoms with Crippen LogP contribution in [0.15, 0.2) is 18.2 Å². The molecule has 0 aliphatic carbocycles. The van der Waals surface area contributed by atoms with Gasteiger partial charge in [-0.25, -0.2) is 0 Å². The number of esters is 1. The molecule has 2 saturated heterocycles. The molecule has 5 nitrogen and oxygen atoms in total. The smallest absolute Gasteiger partial charge is 0.322 e. The Hall–Kier alpha value is -1.14. The molecule has 2 heterocycles. The van der Waals surface area contributed by atoms with E-state index < -0.39 is 17.5 Å². The predicted molar refractivity (Wildman–Crippen MR) is 80.8 cm³/mol. The Balaban J connectivity index is 1.93. The fourth-order valence-corrected chi connectivity index (χ4v) is 3.70. The van der Waals surface area contributed by atoms with Gasteiger partial charge < -0.3 is 9.57 Å². The van der Waals surface area contributed by atoms with Gasteiger partial charge in [-0.05, 0) is 12.1 Å². The predicted octanol–water partition coefficient (Wildman–Crippen LogP) is 2.60. The first-order valence-corrected chi connectivity index (χ1v) is 7.74. The Morgan fingerprint density at radius 1 is 1.23 bits per heavy atom. The third-order valence-corrected chi connectivity index (χ3v) is 4.98. The van der Waals surface area contributed by atoms with E-state index in [0.717, 1.165) is 0 Å². The van der Waals surface area contributed by atoms with Gasteiger partial charge in [-0.1, -0.05) is 29.3 Å². The van der Waals surface area contributed by atoms with Crippen LogP contribution in [0.3, 0.4) is 0 Å². The molecule has 1 atom stereocenters. The van der Waals surface area contributed by atoms with Gasteiger partial charge in [-0.3, -0.25) is 9.59 Å². The molecule has 22 heavy (non-hydrogen) atoms. The van der Waals surface area contributed by atoms with E-state index in [-0.39, 0.29) is 5.78 Å². The molecule has 0 radical (unpaired) electrons. The molecule has 2 aliphatic rings. The highest BCUT2D eigenvalue weighted by atomic mass is 35.5. The molecular formula is C15H15Cl2NO4. The maximum atomic E-state index is 12.9. The molecule has 1 unspecified atom stereocenters. The second-order valence-electron chi connectivity index (χ2n) is 5.46. The normalized spacial score (nSPS) is 24.8. The third kappa shape index (κ3) is 2.42. The number of hydrogen-bond donors (Lipinski definition) is 0. The summed E-state index contributed by atoms with van der Waals surface area (Å²) < 4.78 is 5.48. The topological polar surface area (TPSA) is 55.8 Å². The number of nitrogens with zero attached hydrogens (tertiary/aromatic N) is 1. The molecule has 2 fully saturated rings. The number of halogens is 2. The number of benzene rings is 1. The Bertz CT molecular complexity index is 606. The lowest BCUT2D eigenvalue weighted by Gasteiger charge is -2.35. The number of ketones is 1. The Morgan fingerprint density at radius 3 is 2.36 bits per heavy atom. The van der Waals surface area contributed by atoms with Crippen LogP contribution in [0.5, 0.6) is 0 Å². The first-order valence-electron chi connectivity index (χ1n) is 6.98. The van der Waals surface area contributed by atoms with Gasteiger partial charge in [0, 0.05) is 41.5 Å². The highest BCUT2D eigenvalue weighted by molar-refractivity contribution is 6.37. The Morgan fingerprint density at radius 2 is 1.82 bits per heavy atom. The summed E-state index contributed by atoms with van der Waals surface area (Å²) in [5.41, 5.74) is -0.744. The summed E-state index contributed by atoms with van der Waals surface area (Å²) in [4.78, 5) is 30.3. The van der Waals surface area contributed by atoms with Crippen molar-refractivity contribution in [2.45, 2.75) is 24.4 Å². The van der Waals surface area contributed by atoms with Crippen LogP contribution in [0.4, 0.5) is 0 Å². The molecule has 0 saturated carbocycles. The first kappa shape index (κ1) is 15.7. The SMILES string of the molecule is CON1CCC2(CC1)OC(=O)C(c1c(Cl)cccc1Cl)C2=O. The van der Waals surface area contributed by atoms with Gasteiger partial charge in [0.15, 0.2) is 11.4 Å². The summed E-state index contributed by atoms with van der Waals surface area (Å²) in [5, 5.41) is 2.34. The summed E-state index contributed by atoms with van der Waals surface area (Å²) in [6, 6.07) is 4.90. The van der Waals surface area contributed by atoms with Crippen LogP contribution in [0, 0.1) is 0 Å². The van der Waals surface area contributed by atoms with Gasteiger partial charge in [-0.15, -0.1) is 0 Å². The van der Waals surface area contributed by atoms with Crippen molar-refractivity contribution < 1.29 is 19.2 Å². The van der Waals surface area contributed by atoms with E-state index in [1.165, 1.54) is 0 Å². The molecule has 1 spiro atoms. The number of piperidine rings is 1. The lowest BCUT2D eigenvalue weighted by atomic mass is 9.82. The maximum Gasteiger partial charge on any atom is 0.322 e. The van der Waals surface area contributed by atoms with E-state index in [4.69, 9.17) is 32.8 Å². The largest absolute Gasteiger partial charge is 0.450 e. The molecule has 0 aromatic heterocycles. The number of hydroxylamine groups is 2. The van der Waals surface area contributed by atoms with Crippen molar-refractivity contribution in [1.82, 2.24) is 5.06 Å². The van der Waals surface area contributed by atoms with E-state index in [9.17, 15) is 9.59 Å². The molecule has 1 aromatic rings. The van der Waals surface area contributed by atoms with Crippen molar-refractivity contribution in [3.63, 3.8) is 0 Å². The van der Waals surface area contributed by atoms with Gasteiger partial charge in [0.05, 0.1) is 7.11 Å². The highest BCUT2D eigenvalue weighted by Crippen LogP contribution is 2.44. The fourth-order valence-electron chi connectivity index (χ4n) is 3.09. The zero-order valence-corrected chi connectivity index (χ0v) is 13.5. The van der Waals surface area contributed by atoms with Crippen molar-refractivity contribution in [2.24, 2.45) is 0 Å². The molecule has 0 N–H and O–H groups in total. The summed E-state index contributed by atoms with van der Waals surface area (Å²) in [6.07, 6.45) is 0.813. The summed E-state index contributed by atoms with van der Waals surface area (Å²) in [6.45, 7) is 1.05. The van der Waals surface area contributed by atoms with Crippen LogP contribution in [0.1, 0.15) is 24.3 Å². The summed E-state index contributed by atoms with van der Waals surface area (Å²) >= 11 is 12.3. The van der Waals surface area contributed by atoms with Crippen molar-refractivity contribution in [3.05, 3.63) is 33.8 Å². The minimum absolute atomic E-state index is 0.261. The molecular weight excluding hydrogens is 329 g/mol. The minimum atomic E-state index is -1.08. The Kier molecular flexibility index (Phi) is 4.16. The standard InChI is InChI=1S/C15H15Cl2NO4/c1-21-18-7-5-15(6-8-18)13(19)12(14(20)22-15)11-9(16)3-2-4-10(11)17/h2-4,12H,5-8H2,1H3. The van der Waals surface area contributed by atoms with E-state index >= 15 is 0 Å². The van der Waals surface area contributed by atoms with Gasteiger partial charge in [0.1, 0.15) is 5.92 Å². The number of rotatable bonds is 2. The monoisotopic (exact) mass is 343 g/mol. The van der Waals surface area contributed by atoms with Crippen LogP contribution in [0.25, 0.3) is 0 Å². The summed E-state index contributed by atoms with van der Waals surface area (Å²) in [7, 11) is 1.58. The van der Waals surface area contributed by atoms with Crippen molar-refractivity contribution >= 4 is 35.0 Å². The number of carbonyl (C=O) groups excluding carboxylic acids is 2. The lowest BCUT2D eigenvalue weighted by molar-refractivity contribution is -0.184. The highest BCUT2D eigenvalue weighted by Gasteiger charge is 2.57. The van der Waals surface area contributed by atoms with Gasteiger partial charge in [-0.2, -0.15) is 5.06 Å². The fraction of sp³-hybridized carbons (Fsp3) is 0.467. The van der Waals surface area contributed by atoms with E-state index in [0.29, 0.717) is 41.5 Å². The molecule has 0 amide bonds. The molecule has 0 bridgehead atoms. The van der Waals surface area contributed by atoms with Crippen LogP contribution in [-0.2, 0) is 19.2 Å². The average Bonchev–Trinajstić information content (AvgIpc) is 2.72. The van der Waals surface area contributed by atoms with Crippen LogP contribution < -0.4 is 0 Å². The van der Waals surface area contributed by atoms with E-state index in [1.54, 1.807) is 30.4 Å². The maximum absolute atomic E-state index is 12.9. The van der Waals surface area contributed by atoms with Gasteiger partial charge in [0.2, 0.25) is 0 Å².